The Bertz CT molecular complexity index is 3870. The van der Waals surface area contributed by atoms with Crippen molar-refractivity contribution >= 4 is 71.3 Å². The van der Waals surface area contributed by atoms with Crippen molar-refractivity contribution in [2.45, 2.75) is 19.3 Å². The zero-order valence-corrected chi connectivity index (χ0v) is 36.1. The molecule has 0 unspecified atom stereocenters. The van der Waals surface area contributed by atoms with E-state index in [0.717, 1.165) is 60.9 Å². The van der Waals surface area contributed by atoms with Crippen LogP contribution in [0, 0.1) is 0 Å². The first-order valence-corrected chi connectivity index (χ1v) is 22.4. The molecule has 0 radical (unpaired) electrons. The maximum Gasteiger partial charge on any atom is 0.160 e. The molecular weight excluding hydrogens is 789 g/mol. The summed E-state index contributed by atoms with van der Waals surface area (Å²) in [6.07, 6.45) is 0. The predicted molar refractivity (Wildman–Crippen MR) is 272 cm³/mol. The Labute approximate surface area is 377 Å². The summed E-state index contributed by atoms with van der Waals surface area (Å²) in [5.74, 6) is 0.697. The molecule has 12 aromatic rings. The maximum atomic E-state index is 5.36. The number of hydrogen-bond acceptors (Lipinski definition) is 3. The molecule has 0 bridgehead atoms. The molecule has 0 N–H and O–H groups in total. The van der Waals surface area contributed by atoms with Crippen molar-refractivity contribution in [2.75, 3.05) is 4.90 Å². The van der Waals surface area contributed by atoms with Crippen molar-refractivity contribution in [3.63, 3.8) is 0 Å². The number of aromatic nitrogens is 3. The third kappa shape index (κ3) is 5.70. The normalized spacial score (nSPS) is 13.2. The monoisotopic (exact) mass is 830 g/mol. The second kappa shape index (κ2) is 14.3. The molecule has 0 fully saturated rings. The number of anilines is 3. The first-order chi connectivity index (χ1) is 32.0. The second-order valence-corrected chi connectivity index (χ2v) is 17.8. The van der Waals surface area contributed by atoms with Crippen LogP contribution in [0.2, 0.25) is 0 Å². The van der Waals surface area contributed by atoms with Crippen molar-refractivity contribution in [3.05, 3.63) is 230 Å². The van der Waals surface area contributed by atoms with E-state index >= 15 is 0 Å². The van der Waals surface area contributed by atoms with E-state index in [-0.39, 0.29) is 5.41 Å². The summed E-state index contributed by atoms with van der Waals surface area (Å²) in [6.45, 7) is 4.71. The van der Waals surface area contributed by atoms with Crippen LogP contribution < -0.4 is 4.90 Å². The molecule has 0 aliphatic carbocycles. The van der Waals surface area contributed by atoms with E-state index < -0.39 is 0 Å². The van der Waals surface area contributed by atoms with Gasteiger partial charge in [-0.25, -0.2) is 9.97 Å². The molecule has 1 aliphatic rings. The molecule has 3 heterocycles. The predicted octanol–water partition coefficient (Wildman–Crippen LogP) is 16.1. The molecule has 1 aliphatic heterocycles. The number of benzene rings is 10. The third-order valence-corrected chi connectivity index (χ3v) is 13.7. The molecule has 0 saturated heterocycles. The van der Waals surface area contributed by atoms with Gasteiger partial charge in [0.05, 0.1) is 33.6 Å². The molecular formula is C61H42N4. The van der Waals surface area contributed by atoms with E-state index in [1.54, 1.807) is 0 Å². The van der Waals surface area contributed by atoms with Crippen molar-refractivity contribution in [1.29, 1.82) is 0 Å². The fraction of sp³-hybridized carbons (Fsp3) is 0.0492. The van der Waals surface area contributed by atoms with Crippen LogP contribution in [-0.2, 0) is 5.41 Å². The van der Waals surface area contributed by atoms with Crippen LogP contribution in [0.15, 0.2) is 218 Å². The summed E-state index contributed by atoms with van der Waals surface area (Å²) in [6, 6.07) is 79.1. The van der Waals surface area contributed by atoms with E-state index in [4.69, 9.17) is 9.97 Å². The minimum atomic E-state index is -0.192. The highest BCUT2D eigenvalue weighted by Gasteiger charge is 2.37. The lowest BCUT2D eigenvalue weighted by atomic mass is 9.73. The molecule has 306 valence electrons. The van der Waals surface area contributed by atoms with Gasteiger partial charge in [-0.2, -0.15) is 0 Å². The lowest BCUT2D eigenvalue weighted by molar-refractivity contribution is 0.632. The molecule has 13 rings (SSSR count). The minimum Gasteiger partial charge on any atom is -0.310 e. The summed E-state index contributed by atoms with van der Waals surface area (Å²) in [5, 5.41) is 8.23. The third-order valence-electron chi connectivity index (χ3n) is 13.7. The lowest BCUT2D eigenvalue weighted by Gasteiger charge is -2.42. The van der Waals surface area contributed by atoms with E-state index in [1.807, 2.05) is 0 Å². The first-order valence-electron chi connectivity index (χ1n) is 22.4. The van der Waals surface area contributed by atoms with E-state index in [1.165, 1.54) is 55.2 Å². The van der Waals surface area contributed by atoms with Gasteiger partial charge in [0.15, 0.2) is 5.82 Å². The van der Waals surface area contributed by atoms with Gasteiger partial charge in [0, 0.05) is 49.5 Å². The van der Waals surface area contributed by atoms with Crippen LogP contribution in [0.3, 0.4) is 0 Å². The van der Waals surface area contributed by atoms with Crippen LogP contribution in [-0.4, -0.2) is 14.5 Å². The zero-order chi connectivity index (χ0) is 43.2. The largest absolute Gasteiger partial charge is 0.310 e. The Morgan fingerprint density at radius 2 is 1.05 bits per heavy atom. The summed E-state index contributed by atoms with van der Waals surface area (Å²) < 4.78 is 2.44. The number of para-hydroxylation sites is 2. The van der Waals surface area contributed by atoms with E-state index in [9.17, 15) is 0 Å². The Hall–Kier alpha value is -8.34. The smallest absolute Gasteiger partial charge is 0.160 e. The molecule has 65 heavy (non-hydrogen) atoms. The molecule has 0 saturated carbocycles. The van der Waals surface area contributed by atoms with Crippen LogP contribution >= 0.6 is 0 Å². The standard InChI is InChI=1S/C61H42N4/c1-61(2)50-28-13-14-29-52(50)64(44-22-7-4-8-23-44)55-38-42(32-35-51(55)61)47-27-16-30-53-57(47)56-46-25-11-9-17-39(46)33-36-54(56)65(53)45-24-15-21-43(37-45)60-62-58(41-19-5-3-6-20-41)49-34-31-40-18-10-12-26-48(40)59(49)63-60/h3-38H,1-2H3. The Morgan fingerprint density at radius 1 is 0.400 bits per heavy atom. The first kappa shape index (κ1) is 37.2. The van der Waals surface area contributed by atoms with Gasteiger partial charge in [-0.3, -0.25) is 0 Å². The highest BCUT2D eigenvalue weighted by atomic mass is 15.2. The highest BCUT2D eigenvalue weighted by Crippen LogP contribution is 2.53. The SMILES string of the molecule is CC1(C)c2ccccc2N(c2ccccc2)c2cc(-c3cccc4c3c3c5ccccc5ccc3n4-c3cccc(-c4nc(-c5ccccc5)c5ccc6ccccc6c5n4)c3)ccc21. The lowest BCUT2D eigenvalue weighted by Crippen LogP contribution is -2.30. The van der Waals surface area contributed by atoms with Crippen LogP contribution in [0.1, 0.15) is 25.0 Å². The summed E-state index contributed by atoms with van der Waals surface area (Å²) >= 11 is 0. The molecule has 4 heteroatoms. The van der Waals surface area contributed by atoms with E-state index in [2.05, 4.69) is 242 Å². The van der Waals surface area contributed by atoms with Gasteiger partial charge in [0.2, 0.25) is 0 Å². The molecule has 0 spiro atoms. The van der Waals surface area contributed by atoms with Gasteiger partial charge in [-0.15, -0.1) is 0 Å². The molecule has 2 aromatic heterocycles. The van der Waals surface area contributed by atoms with Gasteiger partial charge < -0.3 is 9.47 Å². The number of fused-ring (bicyclic) bond motifs is 10. The summed E-state index contributed by atoms with van der Waals surface area (Å²) in [7, 11) is 0. The van der Waals surface area contributed by atoms with Gasteiger partial charge in [-0.1, -0.05) is 178 Å². The summed E-state index contributed by atoms with van der Waals surface area (Å²) in [4.78, 5) is 13.2. The van der Waals surface area contributed by atoms with Crippen LogP contribution in [0.4, 0.5) is 17.1 Å². The van der Waals surface area contributed by atoms with Crippen molar-refractivity contribution in [1.82, 2.24) is 14.5 Å². The molecule has 0 amide bonds. The van der Waals surface area contributed by atoms with Gasteiger partial charge in [-0.05, 0) is 93.0 Å². The highest BCUT2D eigenvalue weighted by molar-refractivity contribution is 6.25. The molecule has 10 aromatic carbocycles. The summed E-state index contributed by atoms with van der Waals surface area (Å²) in [5.41, 5.74) is 15.6. The zero-order valence-electron chi connectivity index (χ0n) is 36.1. The minimum absolute atomic E-state index is 0.192. The average Bonchev–Trinajstić information content (AvgIpc) is 3.72. The Morgan fingerprint density at radius 3 is 1.89 bits per heavy atom. The maximum absolute atomic E-state index is 5.36. The van der Waals surface area contributed by atoms with E-state index in [0.29, 0.717) is 5.82 Å². The topological polar surface area (TPSA) is 34.0 Å². The molecule has 0 atom stereocenters. The fourth-order valence-corrected chi connectivity index (χ4v) is 10.7. The van der Waals surface area contributed by atoms with Crippen molar-refractivity contribution in [2.24, 2.45) is 0 Å². The quantitative estimate of drug-likeness (QED) is 0.162. The van der Waals surface area contributed by atoms with Gasteiger partial charge >= 0.3 is 0 Å². The molecule has 4 nitrogen and oxygen atoms in total. The fourth-order valence-electron chi connectivity index (χ4n) is 10.7. The van der Waals surface area contributed by atoms with Gasteiger partial charge in [0.25, 0.3) is 0 Å². The average molecular weight is 831 g/mol. The van der Waals surface area contributed by atoms with Crippen LogP contribution in [0.5, 0.6) is 0 Å². The second-order valence-electron chi connectivity index (χ2n) is 17.8. The van der Waals surface area contributed by atoms with Gasteiger partial charge in [0.1, 0.15) is 0 Å². The number of hydrogen-bond donors (Lipinski definition) is 0. The Kier molecular flexibility index (Phi) is 8.22. The number of rotatable bonds is 5. The Balaban J connectivity index is 1.05. The van der Waals surface area contributed by atoms with Crippen LogP contribution in [0.25, 0.3) is 93.7 Å². The van der Waals surface area contributed by atoms with Crippen molar-refractivity contribution < 1.29 is 0 Å². The van der Waals surface area contributed by atoms with Crippen molar-refractivity contribution in [3.8, 4) is 39.5 Å². The number of nitrogens with zero attached hydrogens (tertiary/aromatic N) is 4.